The lowest BCUT2D eigenvalue weighted by Crippen LogP contribution is -2.63. The molecule has 1 atom stereocenters. The van der Waals surface area contributed by atoms with E-state index in [0.717, 1.165) is 36.2 Å². The lowest BCUT2D eigenvalue weighted by atomic mass is 9.84. The molecule has 0 saturated carbocycles. The third kappa shape index (κ3) is 3.16. The number of rotatable bonds is 4. The maximum absolute atomic E-state index is 12.7. The number of allylic oxidation sites excluding steroid dienone is 2. The molecule has 6 nitrogen and oxygen atoms in total. The van der Waals surface area contributed by atoms with Crippen molar-refractivity contribution in [2.75, 3.05) is 13.1 Å². The molecule has 2 amide bonds. The van der Waals surface area contributed by atoms with E-state index >= 15 is 0 Å². The minimum Gasteiger partial charge on any atom is -0.346 e. The van der Waals surface area contributed by atoms with Gasteiger partial charge in [0.1, 0.15) is 5.82 Å². The van der Waals surface area contributed by atoms with Crippen LogP contribution in [0.2, 0.25) is 0 Å². The summed E-state index contributed by atoms with van der Waals surface area (Å²) in [5, 5.41) is 3.18. The van der Waals surface area contributed by atoms with Gasteiger partial charge in [-0.25, -0.2) is 4.98 Å². The van der Waals surface area contributed by atoms with Crippen molar-refractivity contribution in [3.63, 3.8) is 0 Å². The molecule has 3 aliphatic rings. The maximum atomic E-state index is 12.7. The third-order valence-electron chi connectivity index (χ3n) is 6.50. The van der Waals surface area contributed by atoms with E-state index in [1.807, 2.05) is 42.3 Å². The first-order valence-electron chi connectivity index (χ1n) is 10.4. The van der Waals surface area contributed by atoms with Crippen LogP contribution in [0.1, 0.15) is 42.3 Å². The standard InChI is InChI=1S/C23H26N4O2/c1-16-5-4-6-17(11-16)12-20(28)25-19-13-23(27-10-9-24-21(19)27)14-26(15-23)22(29)18-7-2-3-8-18/h2-6,9-11,18-19H,7-8,12-15H2,1H3,(H,25,28). The Morgan fingerprint density at radius 3 is 2.79 bits per heavy atom. The number of nitrogens with one attached hydrogen (secondary N) is 1. The first kappa shape index (κ1) is 18.2. The highest BCUT2D eigenvalue weighted by atomic mass is 16.2. The second-order valence-electron chi connectivity index (χ2n) is 8.70. The van der Waals surface area contributed by atoms with Gasteiger partial charge in [-0.15, -0.1) is 0 Å². The Labute approximate surface area is 170 Å². The Morgan fingerprint density at radius 1 is 1.24 bits per heavy atom. The van der Waals surface area contributed by atoms with Gasteiger partial charge in [0.25, 0.3) is 0 Å². The topological polar surface area (TPSA) is 67.2 Å². The number of amides is 2. The lowest BCUT2D eigenvalue weighted by molar-refractivity contribution is -0.146. The van der Waals surface area contributed by atoms with Gasteiger partial charge in [-0.1, -0.05) is 42.0 Å². The van der Waals surface area contributed by atoms with Crippen LogP contribution in [-0.4, -0.2) is 39.4 Å². The van der Waals surface area contributed by atoms with Crippen molar-refractivity contribution in [1.29, 1.82) is 0 Å². The number of hydrogen-bond acceptors (Lipinski definition) is 3. The number of benzene rings is 1. The van der Waals surface area contributed by atoms with Gasteiger partial charge in [0, 0.05) is 37.8 Å². The van der Waals surface area contributed by atoms with E-state index in [1.165, 1.54) is 0 Å². The molecule has 3 heterocycles. The Hall–Kier alpha value is -2.89. The largest absolute Gasteiger partial charge is 0.346 e. The Bertz CT molecular complexity index is 978. The molecule has 150 valence electrons. The van der Waals surface area contributed by atoms with Crippen LogP contribution < -0.4 is 5.32 Å². The average molecular weight is 390 g/mol. The summed E-state index contributed by atoms with van der Waals surface area (Å²) in [6.07, 6.45) is 10.9. The Kier molecular flexibility index (Phi) is 4.30. The molecule has 1 saturated heterocycles. The fourth-order valence-electron chi connectivity index (χ4n) is 5.09. The smallest absolute Gasteiger partial charge is 0.226 e. The predicted octanol–water partition coefficient (Wildman–Crippen LogP) is 2.50. The lowest BCUT2D eigenvalue weighted by Gasteiger charge is -2.49. The highest BCUT2D eigenvalue weighted by molar-refractivity contribution is 5.81. The molecule has 2 aliphatic heterocycles. The van der Waals surface area contributed by atoms with Gasteiger partial charge in [-0.2, -0.15) is 0 Å². The van der Waals surface area contributed by atoms with Crippen LogP contribution in [0.4, 0.5) is 0 Å². The summed E-state index contributed by atoms with van der Waals surface area (Å²) < 4.78 is 2.18. The second kappa shape index (κ2) is 6.87. The Morgan fingerprint density at radius 2 is 2.03 bits per heavy atom. The summed E-state index contributed by atoms with van der Waals surface area (Å²) in [4.78, 5) is 31.8. The molecule has 1 aromatic carbocycles. The number of fused-ring (bicyclic) bond motifs is 2. The SMILES string of the molecule is Cc1cccc(CC(=O)NC2CC3(CN(C(=O)C4CC=CC4)C3)n3ccnc32)c1. The summed E-state index contributed by atoms with van der Waals surface area (Å²) in [5.74, 6) is 1.28. The molecule has 1 aliphatic carbocycles. The number of carbonyl (C=O) groups excluding carboxylic acids is 2. The molecule has 6 heteroatoms. The number of aromatic nitrogens is 2. The van der Waals surface area contributed by atoms with Crippen molar-refractivity contribution in [2.24, 2.45) is 5.92 Å². The quantitative estimate of drug-likeness (QED) is 0.816. The van der Waals surface area contributed by atoms with Gasteiger partial charge in [0.2, 0.25) is 11.8 Å². The van der Waals surface area contributed by atoms with Gasteiger partial charge in [-0.3, -0.25) is 9.59 Å². The minimum atomic E-state index is -0.130. The number of carbonyl (C=O) groups is 2. The van der Waals surface area contributed by atoms with Crippen LogP contribution in [0.5, 0.6) is 0 Å². The van der Waals surface area contributed by atoms with E-state index in [4.69, 9.17) is 0 Å². The van der Waals surface area contributed by atoms with Gasteiger partial charge in [0.15, 0.2) is 0 Å². The molecule has 1 unspecified atom stereocenters. The zero-order valence-corrected chi connectivity index (χ0v) is 16.7. The molecule has 29 heavy (non-hydrogen) atoms. The highest BCUT2D eigenvalue weighted by Gasteiger charge is 2.54. The van der Waals surface area contributed by atoms with Gasteiger partial charge < -0.3 is 14.8 Å². The van der Waals surface area contributed by atoms with Gasteiger partial charge >= 0.3 is 0 Å². The van der Waals surface area contributed by atoms with Crippen LogP contribution in [0, 0.1) is 12.8 Å². The minimum absolute atomic E-state index is 0.0106. The van der Waals surface area contributed by atoms with Crippen LogP contribution in [0.15, 0.2) is 48.8 Å². The summed E-state index contributed by atoms with van der Waals surface area (Å²) >= 11 is 0. The second-order valence-corrected chi connectivity index (χ2v) is 8.70. The number of hydrogen-bond donors (Lipinski definition) is 1. The maximum Gasteiger partial charge on any atom is 0.226 e. The fourth-order valence-corrected chi connectivity index (χ4v) is 5.09. The van der Waals surface area contributed by atoms with Crippen molar-refractivity contribution in [2.45, 2.75) is 44.2 Å². The van der Waals surface area contributed by atoms with Crippen molar-refractivity contribution in [3.05, 3.63) is 65.8 Å². The van der Waals surface area contributed by atoms with E-state index < -0.39 is 0 Å². The zero-order chi connectivity index (χ0) is 20.0. The van der Waals surface area contributed by atoms with Crippen LogP contribution in [-0.2, 0) is 21.5 Å². The van der Waals surface area contributed by atoms with Gasteiger partial charge in [-0.05, 0) is 25.3 Å². The van der Waals surface area contributed by atoms with E-state index in [0.29, 0.717) is 19.5 Å². The molecule has 0 bridgehead atoms. The molecule has 1 aromatic heterocycles. The normalized spacial score (nSPS) is 22.0. The van der Waals surface area contributed by atoms with Crippen molar-refractivity contribution < 1.29 is 9.59 Å². The molecule has 1 N–H and O–H groups in total. The molecule has 1 fully saturated rings. The highest BCUT2D eigenvalue weighted by Crippen LogP contribution is 2.45. The van der Waals surface area contributed by atoms with Crippen LogP contribution in [0.25, 0.3) is 0 Å². The molecule has 2 aromatic rings. The van der Waals surface area contributed by atoms with E-state index in [9.17, 15) is 9.59 Å². The zero-order valence-electron chi connectivity index (χ0n) is 16.7. The molecular formula is C23H26N4O2. The molecule has 1 spiro atoms. The van der Waals surface area contributed by atoms with Crippen LogP contribution >= 0.6 is 0 Å². The van der Waals surface area contributed by atoms with Crippen LogP contribution in [0.3, 0.4) is 0 Å². The number of nitrogens with zero attached hydrogens (tertiary/aromatic N) is 3. The van der Waals surface area contributed by atoms with E-state index in [1.54, 1.807) is 6.20 Å². The van der Waals surface area contributed by atoms with Crippen molar-refractivity contribution >= 4 is 11.8 Å². The number of aryl methyl sites for hydroxylation is 1. The molecular weight excluding hydrogens is 364 g/mol. The number of likely N-dealkylation sites (tertiary alicyclic amines) is 1. The molecule has 0 radical (unpaired) electrons. The Balaban J connectivity index is 1.25. The summed E-state index contributed by atoms with van der Waals surface area (Å²) in [7, 11) is 0. The van der Waals surface area contributed by atoms with E-state index in [-0.39, 0.29) is 29.3 Å². The van der Waals surface area contributed by atoms with E-state index in [2.05, 4.69) is 27.0 Å². The van der Waals surface area contributed by atoms with Gasteiger partial charge in [0.05, 0.1) is 18.0 Å². The average Bonchev–Trinajstić information content (AvgIpc) is 3.38. The van der Waals surface area contributed by atoms with Crippen molar-refractivity contribution in [3.8, 4) is 0 Å². The summed E-state index contributed by atoms with van der Waals surface area (Å²) in [6.45, 7) is 3.44. The summed E-state index contributed by atoms with van der Waals surface area (Å²) in [6, 6.07) is 7.94. The monoisotopic (exact) mass is 390 g/mol. The first-order valence-corrected chi connectivity index (χ1v) is 10.4. The number of imidazole rings is 1. The summed E-state index contributed by atoms with van der Waals surface area (Å²) in [5.41, 5.74) is 2.04. The first-order chi connectivity index (χ1) is 14.0. The fraction of sp³-hybridized carbons (Fsp3) is 0.435. The predicted molar refractivity (Wildman–Crippen MR) is 109 cm³/mol. The third-order valence-corrected chi connectivity index (χ3v) is 6.50. The molecule has 5 rings (SSSR count). The van der Waals surface area contributed by atoms with Crippen molar-refractivity contribution in [1.82, 2.24) is 19.8 Å².